The van der Waals surface area contributed by atoms with Crippen molar-refractivity contribution in [1.82, 2.24) is 9.78 Å². The number of carbonyl (C=O) groups is 1. The van der Waals surface area contributed by atoms with Crippen LogP contribution in [-0.4, -0.2) is 28.0 Å². The second-order valence-electron chi connectivity index (χ2n) is 6.66. The summed E-state index contributed by atoms with van der Waals surface area (Å²) in [7, 11) is 1.64. The van der Waals surface area contributed by atoms with Gasteiger partial charge < -0.3 is 10.1 Å². The number of ether oxygens (including phenoxy) is 1. The molecule has 0 unspecified atom stereocenters. The number of carbonyl (C=O) groups excluding carboxylic acids is 1. The summed E-state index contributed by atoms with van der Waals surface area (Å²) in [4.78, 5) is 12.7. The van der Waals surface area contributed by atoms with E-state index in [2.05, 4.69) is 10.4 Å². The van der Waals surface area contributed by atoms with Gasteiger partial charge in [0.1, 0.15) is 17.4 Å². The number of hydrogen-bond acceptors (Lipinski definition) is 4. The predicted octanol–water partition coefficient (Wildman–Crippen LogP) is 4.49. The zero-order chi connectivity index (χ0) is 19.8. The Hall–Kier alpha value is -2.80. The van der Waals surface area contributed by atoms with Crippen LogP contribution in [0.4, 0.5) is 10.2 Å². The molecule has 0 saturated carbocycles. The number of fused-ring (bicyclic) bond motifs is 1. The van der Waals surface area contributed by atoms with Crippen molar-refractivity contribution in [2.45, 2.75) is 24.3 Å². The third-order valence-electron chi connectivity index (χ3n) is 4.79. The highest BCUT2D eigenvalue weighted by Gasteiger charge is 2.34. The molecular formula is C21H20FN3O2S. The maximum atomic E-state index is 13.4. The molecule has 28 heavy (non-hydrogen) atoms. The smallest absolute Gasteiger partial charge is 0.238 e. The zero-order valence-corrected chi connectivity index (χ0v) is 16.6. The maximum Gasteiger partial charge on any atom is 0.238 e. The normalized spacial score (nSPS) is 18.9. The Labute approximate surface area is 166 Å². The van der Waals surface area contributed by atoms with Gasteiger partial charge in [0.2, 0.25) is 5.91 Å². The minimum Gasteiger partial charge on any atom is -0.497 e. The van der Waals surface area contributed by atoms with E-state index in [4.69, 9.17) is 4.74 Å². The van der Waals surface area contributed by atoms with Crippen molar-refractivity contribution in [1.29, 1.82) is 0 Å². The van der Waals surface area contributed by atoms with Crippen LogP contribution in [0.5, 0.6) is 5.75 Å². The van der Waals surface area contributed by atoms with Crippen LogP contribution >= 0.6 is 11.8 Å². The molecule has 0 fully saturated rings. The minimum absolute atomic E-state index is 0.0834. The third-order valence-corrected chi connectivity index (χ3v) is 6.19. The van der Waals surface area contributed by atoms with Crippen molar-refractivity contribution >= 4 is 23.5 Å². The highest BCUT2D eigenvalue weighted by atomic mass is 32.2. The van der Waals surface area contributed by atoms with Crippen LogP contribution in [0.25, 0.3) is 5.69 Å². The number of anilines is 1. The molecule has 2 heterocycles. The van der Waals surface area contributed by atoms with Gasteiger partial charge in [-0.15, -0.1) is 11.8 Å². The van der Waals surface area contributed by atoms with E-state index in [9.17, 15) is 9.18 Å². The summed E-state index contributed by atoms with van der Waals surface area (Å²) in [6, 6.07) is 13.9. The molecular weight excluding hydrogens is 377 g/mol. The van der Waals surface area contributed by atoms with Crippen LogP contribution in [0.2, 0.25) is 0 Å². The van der Waals surface area contributed by atoms with E-state index < -0.39 is 0 Å². The number of nitrogens with zero attached hydrogens (tertiary/aromatic N) is 2. The SMILES string of the molecule is COc1cccc([C@@H]2S[C@@H](C)C(=O)Nc3c2c(C)nn3-c2ccc(F)cc2)c1. The van der Waals surface area contributed by atoms with E-state index in [1.807, 2.05) is 38.1 Å². The second-order valence-corrected chi connectivity index (χ2v) is 8.11. The summed E-state index contributed by atoms with van der Waals surface area (Å²) < 4.78 is 20.4. The Balaban J connectivity index is 1.89. The van der Waals surface area contributed by atoms with E-state index in [1.54, 1.807) is 35.7 Å². The maximum absolute atomic E-state index is 13.4. The molecule has 2 atom stereocenters. The third kappa shape index (κ3) is 3.26. The van der Waals surface area contributed by atoms with Crippen LogP contribution in [0.3, 0.4) is 0 Å². The number of benzene rings is 2. The lowest BCUT2D eigenvalue weighted by Gasteiger charge is -2.18. The molecule has 1 aliphatic heterocycles. The fourth-order valence-corrected chi connectivity index (χ4v) is 4.66. The van der Waals surface area contributed by atoms with Gasteiger partial charge in [-0.05, 0) is 55.8 Å². The number of thioether (sulfide) groups is 1. The number of halogens is 1. The van der Waals surface area contributed by atoms with Crippen LogP contribution in [-0.2, 0) is 4.79 Å². The second kappa shape index (κ2) is 7.31. The lowest BCUT2D eigenvalue weighted by Crippen LogP contribution is -2.22. The quantitative estimate of drug-likeness (QED) is 0.707. The molecule has 144 valence electrons. The van der Waals surface area contributed by atoms with Crippen molar-refractivity contribution in [3.8, 4) is 11.4 Å². The average Bonchev–Trinajstić information content (AvgIpc) is 2.94. The predicted molar refractivity (Wildman–Crippen MR) is 109 cm³/mol. The van der Waals surface area contributed by atoms with Crippen LogP contribution < -0.4 is 10.1 Å². The highest BCUT2D eigenvalue weighted by Crippen LogP contribution is 2.46. The molecule has 1 aromatic heterocycles. The Bertz CT molecular complexity index is 1030. The van der Waals surface area contributed by atoms with Crippen molar-refractivity contribution in [3.63, 3.8) is 0 Å². The first-order valence-electron chi connectivity index (χ1n) is 8.93. The van der Waals surface area contributed by atoms with Gasteiger partial charge in [0, 0.05) is 5.56 Å². The fraction of sp³-hybridized carbons (Fsp3) is 0.238. The Kier molecular flexibility index (Phi) is 4.85. The van der Waals surface area contributed by atoms with Crippen molar-refractivity contribution in [3.05, 3.63) is 71.2 Å². The van der Waals surface area contributed by atoms with Crippen LogP contribution in [0.1, 0.15) is 29.0 Å². The Morgan fingerprint density at radius 2 is 1.96 bits per heavy atom. The number of nitrogens with one attached hydrogen (secondary N) is 1. The molecule has 7 heteroatoms. The van der Waals surface area contributed by atoms with Gasteiger partial charge >= 0.3 is 0 Å². The summed E-state index contributed by atoms with van der Waals surface area (Å²) in [6.07, 6.45) is 0. The fourth-order valence-electron chi connectivity index (χ4n) is 3.34. The van der Waals surface area contributed by atoms with E-state index >= 15 is 0 Å². The molecule has 2 aromatic carbocycles. The molecule has 0 bridgehead atoms. The first-order chi connectivity index (χ1) is 13.5. The molecule has 0 radical (unpaired) electrons. The van der Waals surface area contributed by atoms with E-state index in [-0.39, 0.29) is 22.2 Å². The summed E-state index contributed by atoms with van der Waals surface area (Å²) in [5.41, 5.74) is 3.49. The zero-order valence-electron chi connectivity index (χ0n) is 15.8. The first kappa shape index (κ1) is 18.6. The lowest BCUT2D eigenvalue weighted by molar-refractivity contribution is -0.115. The summed E-state index contributed by atoms with van der Waals surface area (Å²) in [5.74, 6) is 0.985. The van der Waals surface area contributed by atoms with Gasteiger partial charge in [-0.1, -0.05) is 12.1 Å². The molecule has 0 spiro atoms. The van der Waals surface area contributed by atoms with Gasteiger partial charge in [-0.2, -0.15) is 5.10 Å². The molecule has 1 aliphatic rings. The molecule has 1 amide bonds. The molecule has 3 aromatic rings. The van der Waals surface area contributed by atoms with E-state index in [1.165, 1.54) is 12.1 Å². The lowest BCUT2D eigenvalue weighted by atomic mass is 10.0. The largest absolute Gasteiger partial charge is 0.497 e. The molecule has 4 rings (SSSR count). The standard InChI is InChI=1S/C21H20FN3O2S/c1-12-18-19(14-5-4-6-17(11-14)27-3)28-13(2)21(26)23-20(18)25(24-12)16-9-7-15(22)8-10-16/h4-11,13,19H,1-3H3,(H,23,26)/t13-,19-/m0/s1. The monoisotopic (exact) mass is 397 g/mol. The van der Waals surface area contributed by atoms with Gasteiger partial charge in [0.25, 0.3) is 0 Å². The van der Waals surface area contributed by atoms with Crippen molar-refractivity contribution in [2.75, 3.05) is 12.4 Å². The summed E-state index contributed by atoms with van der Waals surface area (Å²) in [5, 5.41) is 7.33. The van der Waals surface area contributed by atoms with Gasteiger partial charge in [-0.3, -0.25) is 4.79 Å². The number of aromatic nitrogens is 2. The molecule has 0 saturated heterocycles. The van der Waals surface area contributed by atoms with E-state index in [0.29, 0.717) is 11.5 Å². The molecule has 1 N–H and O–H groups in total. The summed E-state index contributed by atoms with van der Waals surface area (Å²) >= 11 is 1.57. The number of amides is 1. The van der Waals surface area contributed by atoms with Crippen LogP contribution in [0.15, 0.2) is 48.5 Å². The molecule has 0 aliphatic carbocycles. The number of aryl methyl sites for hydroxylation is 1. The first-order valence-corrected chi connectivity index (χ1v) is 9.88. The van der Waals surface area contributed by atoms with Gasteiger partial charge in [-0.25, -0.2) is 9.07 Å². The highest BCUT2D eigenvalue weighted by molar-refractivity contribution is 8.01. The van der Waals surface area contributed by atoms with Crippen molar-refractivity contribution in [2.24, 2.45) is 0 Å². The Morgan fingerprint density at radius 1 is 1.21 bits per heavy atom. The Morgan fingerprint density at radius 3 is 2.68 bits per heavy atom. The number of hydrogen-bond donors (Lipinski definition) is 1. The average molecular weight is 397 g/mol. The van der Waals surface area contributed by atoms with Gasteiger partial charge in [0.15, 0.2) is 0 Å². The number of rotatable bonds is 3. The minimum atomic E-state index is -0.318. The number of methoxy groups -OCH3 is 1. The van der Waals surface area contributed by atoms with E-state index in [0.717, 1.165) is 22.6 Å². The van der Waals surface area contributed by atoms with Crippen molar-refractivity contribution < 1.29 is 13.9 Å². The van der Waals surface area contributed by atoms with Crippen LogP contribution in [0, 0.1) is 12.7 Å². The molecule has 5 nitrogen and oxygen atoms in total. The topological polar surface area (TPSA) is 56.1 Å². The van der Waals surface area contributed by atoms with Gasteiger partial charge in [0.05, 0.1) is 29.0 Å². The summed E-state index contributed by atoms with van der Waals surface area (Å²) in [6.45, 7) is 3.82.